The molecule has 1 heterocycles. The second-order valence-electron chi connectivity index (χ2n) is 2.30. The van der Waals surface area contributed by atoms with Gasteiger partial charge in [0.05, 0.1) is 13.3 Å². The van der Waals surface area contributed by atoms with Crippen LogP contribution in [0.3, 0.4) is 0 Å². The molecule has 0 radical (unpaired) electrons. The zero-order valence-corrected chi connectivity index (χ0v) is 6.59. The van der Waals surface area contributed by atoms with Crippen molar-refractivity contribution < 1.29 is 17.7 Å². The van der Waals surface area contributed by atoms with Crippen molar-refractivity contribution in [2.24, 2.45) is 7.05 Å². The average molecular weight is 179 g/mol. The summed E-state index contributed by atoms with van der Waals surface area (Å²) in [6, 6.07) is 0. The number of halogens is 3. The van der Waals surface area contributed by atoms with Crippen molar-refractivity contribution >= 4 is 12.6 Å². The van der Waals surface area contributed by atoms with E-state index in [2.05, 4.69) is 9.84 Å². The Kier molecular flexibility index (Phi) is 2.03. The van der Waals surface area contributed by atoms with E-state index in [0.717, 1.165) is 10.9 Å². The second kappa shape index (κ2) is 2.73. The first kappa shape index (κ1) is 8.96. The molecule has 0 aliphatic rings. The van der Waals surface area contributed by atoms with Gasteiger partial charge in [0, 0.05) is 12.6 Å². The molecule has 0 aliphatic heterocycles. The Balaban J connectivity index is 3.19. The third kappa shape index (κ3) is 1.39. The number of aryl methyl sites for hydroxylation is 1. The van der Waals surface area contributed by atoms with Crippen molar-refractivity contribution in [2.75, 3.05) is 7.11 Å². The van der Waals surface area contributed by atoms with Crippen LogP contribution in [0.1, 0.15) is 0 Å². The number of aromatic nitrogens is 2. The summed E-state index contributed by atoms with van der Waals surface area (Å²) in [6.45, 7) is -5.05. The highest BCUT2D eigenvalue weighted by molar-refractivity contribution is 6.73. The molecule has 0 saturated carbocycles. The van der Waals surface area contributed by atoms with Crippen LogP contribution in [0.4, 0.5) is 12.9 Å². The van der Waals surface area contributed by atoms with Gasteiger partial charge in [0.1, 0.15) is 5.75 Å². The van der Waals surface area contributed by atoms with Crippen molar-refractivity contribution in [3.05, 3.63) is 6.20 Å². The molecule has 0 N–H and O–H groups in total. The smallest absolute Gasteiger partial charge is 0.497 e. The third-order valence-electron chi connectivity index (χ3n) is 1.48. The summed E-state index contributed by atoms with van der Waals surface area (Å²) in [7, 11) is 2.41. The van der Waals surface area contributed by atoms with Crippen LogP contribution in [0.15, 0.2) is 6.20 Å². The molecule has 0 bridgehead atoms. The number of hydrogen-bond donors (Lipinski definition) is 0. The van der Waals surface area contributed by atoms with E-state index in [1.807, 2.05) is 0 Å². The third-order valence-corrected chi connectivity index (χ3v) is 1.48. The van der Waals surface area contributed by atoms with Crippen LogP contribution in [0.25, 0.3) is 0 Å². The topological polar surface area (TPSA) is 27.1 Å². The van der Waals surface area contributed by atoms with E-state index in [9.17, 15) is 12.9 Å². The fraction of sp³-hybridized carbons (Fsp3) is 0.400. The van der Waals surface area contributed by atoms with E-state index in [1.165, 1.54) is 14.2 Å². The average Bonchev–Trinajstić information content (AvgIpc) is 2.29. The molecule has 1 rings (SSSR count). The van der Waals surface area contributed by atoms with Crippen LogP contribution < -0.4 is 10.3 Å². The van der Waals surface area contributed by atoms with Gasteiger partial charge in [-0.1, -0.05) is 0 Å². The zero-order valence-electron chi connectivity index (χ0n) is 6.59. The van der Waals surface area contributed by atoms with Gasteiger partial charge in [-0.15, -0.1) is 0 Å². The number of rotatable bonds is 2. The van der Waals surface area contributed by atoms with E-state index in [0.29, 0.717) is 0 Å². The summed E-state index contributed by atoms with van der Waals surface area (Å²) in [4.78, 5) is 0. The summed E-state index contributed by atoms with van der Waals surface area (Å²) in [5.74, 6) is -0.231. The number of hydrogen-bond acceptors (Lipinski definition) is 2. The van der Waals surface area contributed by atoms with Crippen molar-refractivity contribution in [1.29, 1.82) is 0 Å². The van der Waals surface area contributed by atoms with Gasteiger partial charge in [-0.3, -0.25) is 4.68 Å². The van der Waals surface area contributed by atoms with Crippen LogP contribution in [0.2, 0.25) is 0 Å². The fourth-order valence-corrected chi connectivity index (χ4v) is 0.957. The van der Waals surface area contributed by atoms with Gasteiger partial charge in [-0.2, -0.15) is 5.10 Å². The molecule has 1 aromatic heterocycles. The molecule has 0 spiro atoms. The Hall–Kier alpha value is -1.14. The molecule has 0 fully saturated rings. The first-order valence-electron chi connectivity index (χ1n) is 3.22. The standard InChI is InChI=1S/C5H7BF3N2O/c1-11-5(6(7,8)9)4(12-2)3-10-11/h3H,1-2H3/q-1. The van der Waals surface area contributed by atoms with Gasteiger partial charge in [0.2, 0.25) is 0 Å². The van der Waals surface area contributed by atoms with Gasteiger partial charge in [0.15, 0.2) is 0 Å². The molecule has 3 nitrogen and oxygen atoms in total. The van der Waals surface area contributed by atoms with Gasteiger partial charge in [-0.05, 0) is 0 Å². The minimum atomic E-state index is -5.05. The summed E-state index contributed by atoms with van der Waals surface area (Å²) in [5, 5.41) is 3.44. The summed E-state index contributed by atoms with van der Waals surface area (Å²) >= 11 is 0. The van der Waals surface area contributed by atoms with E-state index >= 15 is 0 Å². The molecule has 0 saturated heterocycles. The zero-order chi connectivity index (χ0) is 9.35. The van der Waals surface area contributed by atoms with Crippen LogP contribution in [0, 0.1) is 0 Å². The highest BCUT2D eigenvalue weighted by Gasteiger charge is 2.33. The van der Waals surface area contributed by atoms with E-state index in [-0.39, 0.29) is 5.75 Å². The van der Waals surface area contributed by atoms with Crippen LogP contribution in [-0.2, 0) is 7.05 Å². The molecule has 12 heavy (non-hydrogen) atoms. The summed E-state index contributed by atoms with van der Waals surface area (Å²) < 4.78 is 42.0. The van der Waals surface area contributed by atoms with E-state index in [1.54, 1.807) is 0 Å². The lowest BCUT2D eigenvalue weighted by atomic mass is 9.85. The van der Waals surface area contributed by atoms with E-state index in [4.69, 9.17) is 0 Å². The molecule has 0 aliphatic carbocycles. The monoisotopic (exact) mass is 179 g/mol. The Morgan fingerprint density at radius 1 is 1.50 bits per heavy atom. The maximum atomic E-state index is 12.3. The van der Waals surface area contributed by atoms with Crippen molar-refractivity contribution in [1.82, 2.24) is 9.78 Å². The van der Waals surface area contributed by atoms with Gasteiger partial charge in [0.25, 0.3) is 0 Å². The Morgan fingerprint density at radius 3 is 2.42 bits per heavy atom. The lowest BCUT2D eigenvalue weighted by Crippen LogP contribution is -2.40. The number of nitrogens with zero attached hydrogens (tertiary/aromatic N) is 2. The van der Waals surface area contributed by atoms with Crippen LogP contribution >= 0.6 is 0 Å². The predicted molar refractivity (Wildman–Crippen MR) is 38.5 cm³/mol. The lowest BCUT2D eigenvalue weighted by molar-refractivity contribution is 0.412. The Labute approximate surface area is 67.2 Å². The fourth-order valence-electron chi connectivity index (χ4n) is 0.957. The van der Waals surface area contributed by atoms with Crippen molar-refractivity contribution in [3.63, 3.8) is 0 Å². The Bertz CT molecular complexity index is 283. The second-order valence-corrected chi connectivity index (χ2v) is 2.30. The largest absolute Gasteiger partial charge is 0.531 e. The highest BCUT2D eigenvalue weighted by Crippen LogP contribution is 2.15. The molecule has 1 aromatic rings. The normalized spacial score (nSPS) is 11.8. The molecule has 0 aromatic carbocycles. The van der Waals surface area contributed by atoms with Gasteiger partial charge in [-0.25, -0.2) is 0 Å². The maximum Gasteiger partial charge on any atom is 0.531 e. The predicted octanol–water partition coefficient (Wildman–Crippen LogP) is 0.483. The van der Waals surface area contributed by atoms with Gasteiger partial charge >= 0.3 is 6.98 Å². The molecule has 7 heteroatoms. The molecular formula is C5H7BF3N2O-. The molecule has 68 valence electrons. The SMILES string of the molecule is COc1cnn(C)c1[B-](F)(F)F. The minimum Gasteiger partial charge on any atom is -0.497 e. The van der Waals surface area contributed by atoms with Gasteiger partial charge < -0.3 is 17.7 Å². The van der Waals surface area contributed by atoms with E-state index < -0.39 is 12.6 Å². The number of ether oxygens (including phenoxy) is 1. The summed E-state index contributed by atoms with van der Waals surface area (Å²) in [6.07, 6.45) is 1.05. The van der Waals surface area contributed by atoms with Crippen molar-refractivity contribution in [3.8, 4) is 5.75 Å². The number of methoxy groups -OCH3 is 1. The Morgan fingerprint density at radius 2 is 2.08 bits per heavy atom. The van der Waals surface area contributed by atoms with Crippen LogP contribution in [-0.4, -0.2) is 23.9 Å². The molecule has 0 amide bonds. The minimum absolute atomic E-state index is 0.231. The lowest BCUT2D eigenvalue weighted by Gasteiger charge is -2.16. The van der Waals surface area contributed by atoms with Crippen molar-refractivity contribution in [2.45, 2.75) is 0 Å². The molecule has 0 unspecified atom stereocenters. The maximum absolute atomic E-state index is 12.3. The molecule has 0 atom stereocenters. The first-order chi connectivity index (χ1) is 5.46. The summed E-state index contributed by atoms with van der Waals surface area (Å²) in [5.41, 5.74) is -0.808. The molecular weight excluding hydrogens is 172 g/mol. The van der Waals surface area contributed by atoms with Crippen LogP contribution in [0.5, 0.6) is 5.75 Å². The first-order valence-corrected chi connectivity index (χ1v) is 3.22. The quantitative estimate of drug-likeness (QED) is 0.617. The highest BCUT2D eigenvalue weighted by atomic mass is 19.4.